The summed E-state index contributed by atoms with van der Waals surface area (Å²) in [4.78, 5) is 10.9. The highest BCUT2D eigenvalue weighted by Gasteiger charge is 1.96. The average molecular weight is 190 g/mol. The van der Waals surface area contributed by atoms with Crippen molar-refractivity contribution in [3.05, 3.63) is 0 Å². The smallest absolute Gasteiger partial charge is 0.233 e. The summed E-state index contributed by atoms with van der Waals surface area (Å²) in [5.74, 6) is 1.27. The number of carbonyl (C=O) groups excluding carboxylic acids is 1. The molecule has 0 aliphatic carbocycles. The third kappa shape index (κ3) is 7.88. The van der Waals surface area contributed by atoms with E-state index < -0.39 is 0 Å². The summed E-state index contributed by atoms with van der Waals surface area (Å²) in [5.41, 5.74) is 0. The van der Waals surface area contributed by atoms with E-state index in [9.17, 15) is 4.79 Å². The molecule has 0 saturated carbocycles. The molecule has 0 heterocycles. The van der Waals surface area contributed by atoms with E-state index in [1.807, 2.05) is 11.8 Å². The van der Waals surface area contributed by atoms with Crippen LogP contribution < -0.4 is 10.6 Å². The Morgan fingerprint density at radius 3 is 2.75 bits per heavy atom. The first-order valence-electron chi connectivity index (χ1n) is 4.21. The molecule has 3 nitrogen and oxygen atoms in total. The normalized spacial score (nSPS) is 9.83. The average Bonchev–Trinajstić information content (AvgIpc) is 2.05. The topological polar surface area (TPSA) is 41.1 Å². The van der Waals surface area contributed by atoms with Gasteiger partial charge in [-0.3, -0.25) is 4.79 Å². The van der Waals surface area contributed by atoms with Gasteiger partial charge in [-0.15, -0.1) is 0 Å². The maximum Gasteiger partial charge on any atom is 0.233 e. The Hall–Kier alpha value is -0.220. The first-order chi connectivity index (χ1) is 5.81. The highest BCUT2D eigenvalue weighted by atomic mass is 32.2. The SMILES string of the molecule is CNCC(=O)NCCCCSC. The minimum atomic E-state index is 0.0849. The van der Waals surface area contributed by atoms with Crippen LogP contribution in [0.5, 0.6) is 0 Å². The van der Waals surface area contributed by atoms with Crippen molar-refractivity contribution in [3.63, 3.8) is 0 Å². The van der Waals surface area contributed by atoms with Crippen LogP contribution in [0, 0.1) is 0 Å². The van der Waals surface area contributed by atoms with Crippen molar-refractivity contribution in [1.29, 1.82) is 0 Å². The molecule has 0 spiro atoms. The van der Waals surface area contributed by atoms with Crippen molar-refractivity contribution < 1.29 is 4.79 Å². The van der Waals surface area contributed by atoms with Gasteiger partial charge in [-0.05, 0) is 31.9 Å². The summed E-state index contributed by atoms with van der Waals surface area (Å²) >= 11 is 1.85. The van der Waals surface area contributed by atoms with Crippen molar-refractivity contribution in [2.45, 2.75) is 12.8 Å². The Balaban J connectivity index is 3.03. The van der Waals surface area contributed by atoms with Crippen molar-refractivity contribution in [2.24, 2.45) is 0 Å². The summed E-state index contributed by atoms with van der Waals surface area (Å²) in [6.45, 7) is 1.23. The zero-order chi connectivity index (χ0) is 9.23. The fourth-order valence-electron chi connectivity index (χ4n) is 0.822. The second kappa shape index (κ2) is 8.87. The first-order valence-corrected chi connectivity index (χ1v) is 5.61. The van der Waals surface area contributed by atoms with Crippen LogP contribution in [0.1, 0.15) is 12.8 Å². The molecule has 0 saturated heterocycles. The fourth-order valence-corrected chi connectivity index (χ4v) is 1.32. The summed E-state index contributed by atoms with van der Waals surface area (Å²) in [6.07, 6.45) is 4.36. The van der Waals surface area contributed by atoms with Gasteiger partial charge in [0, 0.05) is 6.54 Å². The molecule has 0 aromatic carbocycles. The molecule has 72 valence electrons. The van der Waals surface area contributed by atoms with Crippen LogP contribution in [0.25, 0.3) is 0 Å². The minimum absolute atomic E-state index is 0.0849. The second-order valence-electron chi connectivity index (χ2n) is 2.58. The van der Waals surface area contributed by atoms with Crippen LogP contribution in [0.3, 0.4) is 0 Å². The van der Waals surface area contributed by atoms with Gasteiger partial charge in [-0.25, -0.2) is 0 Å². The van der Waals surface area contributed by atoms with E-state index in [4.69, 9.17) is 0 Å². The molecule has 0 radical (unpaired) electrons. The number of hydrogen-bond acceptors (Lipinski definition) is 3. The van der Waals surface area contributed by atoms with Gasteiger partial charge in [-0.2, -0.15) is 11.8 Å². The molecule has 2 N–H and O–H groups in total. The van der Waals surface area contributed by atoms with Gasteiger partial charge in [0.2, 0.25) is 5.91 Å². The second-order valence-corrected chi connectivity index (χ2v) is 3.57. The molecular weight excluding hydrogens is 172 g/mol. The molecule has 0 aliphatic heterocycles. The number of hydrogen-bond donors (Lipinski definition) is 2. The number of likely N-dealkylation sites (N-methyl/N-ethyl adjacent to an activating group) is 1. The maximum absolute atomic E-state index is 10.9. The molecule has 0 atom stereocenters. The van der Waals surface area contributed by atoms with Gasteiger partial charge in [0.15, 0.2) is 0 Å². The van der Waals surface area contributed by atoms with Crippen molar-refractivity contribution in [1.82, 2.24) is 10.6 Å². The molecule has 0 fully saturated rings. The van der Waals surface area contributed by atoms with Gasteiger partial charge in [0.05, 0.1) is 6.54 Å². The number of thioether (sulfide) groups is 1. The highest BCUT2D eigenvalue weighted by Crippen LogP contribution is 1.97. The Bertz CT molecular complexity index is 120. The predicted molar refractivity (Wildman–Crippen MR) is 54.6 cm³/mol. The summed E-state index contributed by atoms with van der Waals surface area (Å²) in [6, 6.07) is 0. The van der Waals surface area contributed by atoms with E-state index in [1.165, 1.54) is 12.2 Å². The first kappa shape index (κ1) is 11.8. The zero-order valence-corrected chi connectivity index (χ0v) is 8.67. The van der Waals surface area contributed by atoms with Crippen LogP contribution in [0.15, 0.2) is 0 Å². The number of unbranched alkanes of at least 4 members (excludes halogenated alkanes) is 1. The van der Waals surface area contributed by atoms with E-state index in [2.05, 4.69) is 16.9 Å². The number of nitrogens with one attached hydrogen (secondary N) is 2. The van der Waals surface area contributed by atoms with Gasteiger partial charge < -0.3 is 10.6 Å². The quantitative estimate of drug-likeness (QED) is 0.573. The van der Waals surface area contributed by atoms with E-state index in [0.29, 0.717) is 6.54 Å². The van der Waals surface area contributed by atoms with E-state index >= 15 is 0 Å². The third-order valence-electron chi connectivity index (χ3n) is 1.43. The highest BCUT2D eigenvalue weighted by molar-refractivity contribution is 7.98. The van der Waals surface area contributed by atoms with Crippen LogP contribution >= 0.6 is 11.8 Å². The number of rotatable bonds is 7. The standard InChI is InChI=1S/C8H18N2OS/c1-9-7-8(11)10-5-3-4-6-12-2/h9H,3-7H2,1-2H3,(H,10,11). The van der Waals surface area contributed by atoms with Crippen LogP contribution in [-0.4, -0.2) is 38.1 Å². The molecule has 0 aromatic rings. The largest absolute Gasteiger partial charge is 0.355 e. The van der Waals surface area contributed by atoms with Gasteiger partial charge in [0.25, 0.3) is 0 Å². The molecule has 0 rings (SSSR count). The lowest BCUT2D eigenvalue weighted by Crippen LogP contribution is -2.32. The monoisotopic (exact) mass is 190 g/mol. The molecule has 0 aromatic heterocycles. The van der Waals surface area contributed by atoms with E-state index in [-0.39, 0.29) is 5.91 Å². The number of carbonyl (C=O) groups is 1. The third-order valence-corrected chi connectivity index (χ3v) is 2.13. The summed E-state index contributed by atoms with van der Waals surface area (Å²) < 4.78 is 0. The van der Waals surface area contributed by atoms with Gasteiger partial charge in [0.1, 0.15) is 0 Å². The Morgan fingerprint density at radius 2 is 2.17 bits per heavy atom. The minimum Gasteiger partial charge on any atom is -0.355 e. The van der Waals surface area contributed by atoms with Gasteiger partial charge >= 0.3 is 0 Å². The molecule has 1 amide bonds. The van der Waals surface area contributed by atoms with Crippen LogP contribution in [0.2, 0.25) is 0 Å². The lowest BCUT2D eigenvalue weighted by Gasteiger charge is -2.03. The summed E-state index contributed by atoms with van der Waals surface area (Å²) in [7, 11) is 1.77. The molecular formula is C8H18N2OS. The fraction of sp³-hybridized carbons (Fsp3) is 0.875. The Labute approximate surface area is 78.7 Å². The van der Waals surface area contributed by atoms with Crippen molar-refractivity contribution >= 4 is 17.7 Å². The number of amides is 1. The van der Waals surface area contributed by atoms with Crippen molar-refractivity contribution in [3.8, 4) is 0 Å². The predicted octanol–water partition coefficient (Wildman–Crippen LogP) is 0.465. The van der Waals surface area contributed by atoms with Crippen molar-refractivity contribution in [2.75, 3.05) is 32.1 Å². The lowest BCUT2D eigenvalue weighted by molar-refractivity contribution is -0.120. The van der Waals surface area contributed by atoms with Gasteiger partial charge in [-0.1, -0.05) is 0 Å². The van der Waals surface area contributed by atoms with Crippen LogP contribution in [0.4, 0.5) is 0 Å². The Kier molecular flexibility index (Phi) is 8.71. The maximum atomic E-state index is 10.9. The lowest BCUT2D eigenvalue weighted by atomic mass is 10.3. The molecule has 4 heteroatoms. The summed E-state index contributed by atoms with van der Waals surface area (Å²) in [5, 5.41) is 5.64. The molecule has 12 heavy (non-hydrogen) atoms. The van der Waals surface area contributed by atoms with Crippen LogP contribution in [-0.2, 0) is 4.79 Å². The Morgan fingerprint density at radius 1 is 1.42 bits per heavy atom. The van der Waals surface area contributed by atoms with E-state index in [1.54, 1.807) is 7.05 Å². The molecule has 0 aliphatic rings. The molecule has 0 unspecified atom stereocenters. The zero-order valence-electron chi connectivity index (χ0n) is 7.85. The van der Waals surface area contributed by atoms with E-state index in [0.717, 1.165) is 13.0 Å². The molecule has 0 bridgehead atoms.